The molecule has 94 valence electrons. The summed E-state index contributed by atoms with van der Waals surface area (Å²) in [7, 11) is 0. The van der Waals surface area contributed by atoms with Crippen LogP contribution in [0.4, 0.5) is 11.9 Å². The first-order valence-electron chi connectivity index (χ1n) is 6.21. The van der Waals surface area contributed by atoms with Crippen LogP contribution in [-0.2, 0) is 0 Å². The van der Waals surface area contributed by atoms with Crippen LogP contribution in [0.2, 0.25) is 0 Å². The van der Waals surface area contributed by atoms with Crippen LogP contribution in [0.15, 0.2) is 5.16 Å². The molecule has 0 amide bonds. The molecule has 1 saturated heterocycles. The van der Waals surface area contributed by atoms with Crippen molar-refractivity contribution in [3.63, 3.8) is 0 Å². The minimum absolute atomic E-state index is 0.695. The standard InChI is InChI=1S/C11H19N5S/c1-3-12-9-13-10(16-7-5-6-8-16)15-11(14-9)17-4-2/h3-8H2,1-2H3,(H,12,13,14,15). The summed E-state index contributed by atoms with van der Waals surface area (Å²) in [4.78, 5) is 15.6. The van der Waals surface area contributed by atoms with Crippen molar-refractivity contribution in [3.05, 3.63) is 0 Å². The van der Waals surface area contributed by atoms with Crippen LogP contribution in [0.3, 0.4) is 0 Å². The number of anilines is 2. The van der Waals surface area contributed by atoms with Crippen molar-refractivity contribution < 1.29 is 0 Å². The molecule has 0 spiro atoms. The van der Waals surface area contributed by atoms with E-state index in [-0.39, 0.29) is 0 Å². The third-order valence-electron chi connectivity index (χ3n) is 2.60. The second-order valence-corrected chi connectivity index (χ2v) is 5.13. The van der Waals surface area contributed by atoms with Gasteiger partial charge in [-0.25, -0.2) is 0 Å². The smallest absolute Gasteiger partial charge is 0.231 e. The highest BCUT2D eigenvalue weighted by Gasteiger charge is 2.17. The van der Waals surface area contributed by atoms with Gasteiger partial charge >= 0.3 is 0 Å². The van der Waals surface area contributed by atoms with Gasteiger partial charge in [-0.3, -0.25) is 0 Å². The summed E-state index contributed by atoms with van der Waals surface area (Å²) in [6, 6.07) is 0. The second kappa shape index (κ2) is 6.05. The fraction of sp³-hybridized carbons (Fsp3) is 0.727. The number of hydrogen-bond acceptors (Lipinski definition) is 6. The number of aromatic nitrogens is 3. The van der Waals surface area contributed by atoms with Gasteiger partial charge in [0.2, 0.25) is 11.9 Å². The highest BCUT2D eigenvalue weighted by Crippen LogP contribution is 2.21. The van der Waals surface area contributed by atoms with Crippen LogP contribution in [0.1, 0.15) is 26.7 Å². The molecule has 2 rings (SSSR count). The summed E-state index contributed by atoms with van der Waals surface area (Å²) >= 11 is 1.66. The first-order chi connectivity index (χ1) is 8.33. The van der Waals surface area contributed by atoms with E-state index in [9.17, 15) is 0 Å². The van der Waals surface area contributed by atoms with E-state index in [0.29, 0.717) is 5.95 Å². The topological polar surface area (TPSA) is 53.9 Å². The molecule has 1 aromatic rings. The fourth-order valence-corrected chi connectivity index (χ4v) is 2.39. The molecule has 1 aliphatic rings. The number of nitrogens with zero attached hydrogens (tertiary/aromatic N) is 4. The third kappa shape index (κ3) is 3.21. The molecule has 0 bridgehead atoms. The predicted octanol–water partition coefficient (Wildman–Crippen LogP) is 2.02. The average Bonchev–Trinajstić information content (AvgIpc) is 2.83. The molecule has 17 heavy (non-hydrogen) atoms. The van der Waals surface area contributed by atoms with Crippen molar-refractivity contribution in [2.45, 2.75) is 31.8 Å². The molecule has 2 heterocycles. The lowest BCUT2D eigenvalue weighted by atomic mass is 10.4. The zero-order chi connectivity index (χ0) is 12.1. The quantitative estimate of drug-likeness (QED) is 0.810. The van der Waals surface area contributed by atoms with Crippen LogP contribution >= 0.6 is 11.8 Å². The summed E-state index contributed by atoms with van der Waals surface area (Å²) in [5, 5.41) is 3.99. The molecule has 0 atom stereocenters. The van der Waals surface area contributed by atoms with E-state index in [2.05, 4.69) is 32.1 Å². The van der Waals surface area contributed by atoms with Crippen molar-refractivity contribution in [1.82, 2.24) is 15.0 Å². The predicted molar refractivity (Wildman–Crippen MR) is 71.8 cm³/mol. The van der Waals surface area contributed by atoms with Crippen molar-refractivity contribution in [2.75, 3.05) is 35.6 Å². The summed E-state index contributed by atoms with van der Waals surface area (Å²) < 4.78 is 0. The Morgan fingerprint density at radius 2 is 1.94 bits per heavy atom. The van der Waals surface area contributed by atoms with E-state index >= 15 is 0 Å². The molecule has 0 radical (unpaired) electrons. The fourth-order valence-electron chi connectivity index (χ4n) is 1.84. The Morgan fingerprint density at radius 1 is 1.18 bits per heavy atom. The Hall–Kier alpha value is -1.04. The molecule has 1 aliphatic heterocycles. The van der Waals surface area contributed by atoms with Crippen LogP contribution in [0, 0.1) is 0 Å². The van der Waals surface area contributed by atoms with Crippen LogP contribution in [-0.4, -0.2) is 40.3 Å². The molecular formula is C11H19N5S. The number of hydrogen-bond donors (Lipinski definition) is 1. The maximum absolute atomic E-state index is 4.51. The van der Waals surface area contributed by atoms with Gasteiger partial charge < -0.3 is 10.2 Å². The van der Waals surface area contributed by atoms with Gasteiger partial charge in [-0.1, -0.05) is 18.7 Å². The SMILES string of the molecule is CCNc1nc(SCC)nc(N2CCCC2)n1. The van der Waals surface area contributed by atoms with Crippen LogP contribution in [0.25, 0.3) is 0 Å². The minimum Gasteiger partial charge on any atom is -0.354 e. The van der Waals surface area contributed by atoms with E-state index in [0.717, 1.165) is 36.5 Å². The third-order valence-corrected chi connectivity index (χ3v) is 3.33. The first kappa shape index (κ1) is 12.4. The van der Waals surface area contributed by atoms with Crippen molar-refractivity contribution in [1.29, 1.82) is 0 Å². The van der Waals surface area contributed by atoms with Gasteiger partial charge in [0.1, 0.15) is 0 Å². The number of rotatable bonds is 5. The van der Waals surface area contributed by atoms with Crippen molar-refractivity contribution in [3.8, 4) is 0 Å². The summed E-state index contributed by atoms with van der Waals surface area (Å²) in [6.45, 7) is 7.11. The molecule has 1 N–H and O–H groups in total. The largest absolute Gasteiger partial charge is 0.354 e. The summed E-state index contributed by atoms with van der Waals surface area (Å²) in [5.41, 5.74) is 0. The number of nitrogens with one attached hydrogen (secondary N) is 1. The first-order valence-corrected chi connectivity index (χ1v) is 7.19. The van der Waals surface area contributed by atoms with Gasteiger partial charge in [0.05, 0.1) is 0 Å². The second-order valence-electron chi connectivity index (χ2n) is 3.90. The lowest BCUT2D eigenvalue weighted by Gasteiger charge is -2.16. The van der Waals surface area contributed by atoms with Crippen LogP contribution < -0.4 is 10.2 Å². The van der Waals surface area contributed by atoms with E-state index in [1.54, 1.807) is 11.8 Å². The van der Waals surface area contributed by atoms with E-state index in [4.69, 9.17) is 0 Å². The van der Waals surface area contributed by atoms with Gasteiger partial charge in [-0.05, 0) is 25.5 Å². The molecular weight excluding hydrogens is 234 g/mol. The molecule has 0 unspecified atom stereocenters. The van der Waals surface area contributed by atoms with Gasteiger partial charge in [0.25, 0.3) is 0 Å². The van der Waals surface area contributed by atoms with E-state index in [1.807, 2.05) is 6.92 Å². The number of thioether (sulfide) groups is 1. The Bertz CT molecular complexity index is 341. The van der Waals surface area contributed by atoms with Crippen molar-refractivity contribution in [2.24, 2.45) is 0 Å². The highest BCUT2D eigenvalue weighted by atomic mass is 32.2. The Labute approximate surface area is 106 Å². The normalized spacial score (nSPS) is 15.3. The lowest BCUT2D eigenvalue weighted by molar-refractivity contribution is 0.826. The Kier molecular flexibility index (Phi) is 4.42. The zero-order valence-electron chi connectivity index (χ0n) is 10.4. The van der Waals surface area contributed by atoms with E-state index in [1.165, 1.54) is 12.8 Å². The minimum atomic E-state index is 0.695. The Morgan fingerprint density at radius 3 is 2.59 bits per heavy atom. The van der Waals surface area contributed by atoms with Gasteiger partial charge in [-0.15, -0.1) is 0 Å². The molecule has 6 heteroatoms. The Balaban J connectivity index is 2.22. The van der Waals surface area contributed by atoms with E-state index < -0.39 is 0 Å². The summed E-state index contributed by atoms with van der Waals surface area (Å²) in [6.07, 6.45) is 2.47. The average molecular weight is 253 g/mol. The molecule has 1 aromatic heterocycles. The molecule has 0 aliphatic carbocycles. The van der Waals surface area contributed by atoms with Crippen LogP contribution in [0.5, 0.6) is 0 Å². The maximum atomic E-state index is 4.51. The molecule has 1 fully saturated rings. The monoisotopic (exact) mass is 253 g/mol. The zero-order valence-corrected chi connectivity index (χ0v) is 11.3. The molecule has 5 nitrogen and oxygen atoms in total. The van der Waals surface area contributed by atoms with Gasteiger partial charge in [-0.2, -0.15) is 15.0 Å². The van der Waals surface area contributed by atoms with Crippen molar-refractivity contribution >= 4 is 23.7 Å². The molecule has 0 aromatic carbocycles. The maximum Gasteiger partial charge on any atom is 0.231 e. The summed E-state index contributed by atoms with van der Waals surface area (Å²) in [5.74, 6) is 2.50. The molecule has 0 saturated carbocycles. The lowest BCUT2D eigenvalue weighted by Crippen LogP contribution is -2.21. The van der Waals surface area contributed by atoms with Gasteiger partial charge in [0, 0.05) is 19.6 Å². The van der Waals surface area contributed by atoms with Gasteiger partial charge in [0.15, 0.2) is 5.16 Å². The highest BCUT2D eigenvalue weighted by molar-refractivity contribution is 7.99.